The fourth-order valence-corrected chi connectivity index (χ4v) is 2.15. The predicted octanol–water partition coefficient (Wildman–Crippen LogP) is 1.02. The Balaban J connectivity index is 1.72. The minimum absolute atomic E-state index is 0.151. The van der Waals surface area contributed by atoms with E-state index >= 15 is 0 Å². The topological polar surface area (TPSA) is 58.4 Å². The lowest BCUT2D eigenvalue weighted by Gasteiger charge is -2.13. The van der Waals surface area contributed by atoms with Gasteiger partial charge < -0.3 is 10.6 Å². The zero-order valence-corrected chi connectivity index (χ0v) is 9.39. The number of anilines is 1. The normalized spacial score (nSPS) is 19.5. The zero-order chi connectivity index (χ0) is 11.7. The lowest BCUT2D eigenvalue weighted by molar-refractivity contribution is -0.119. The molecule has 5 nitrogen and oxygen atoms in total. The van der Waals surface area contributed by atoms with E-state index in [0.717, 1.165) is 24.4 Å². The zero-order valence-electron chi connectivity index (χ0n) is 9.39. The van der Waals surface area contributed by atoms with Crippen molar-refractivity contribution in [3.63, 3.8) is 0 Å². The molecule has 2 aromatic heterocycles. The number of rotatable bonds is 3. The average Bonchev–Trinajstić information content (AvgIpc) is 2.94. The smallest absolute Gasteiger partial charge is 0.220 e. The number of nitrogens with zero attached hydrogens (tertiary/aromatic N) is 2. The largest absolute Gasteiger partial charge is 0.369 e. The number of amides is 1. The van der Waals surface area contributed by atoms with Crippen LogP contribution in [0, 0.1) is 0 Å². The van der Waals surface area contributed by atoms with E-state index in [1.54, 1.807) is 6.20 Å². The lowest BCUT2D eigenvalue weighted by atomic mass is 10.2. The summed E-state index contributed by atoms with van der Waals surface area (Å²) in [5, 5.41) is 6.28. The highest BCUT2D eigenvalue weighted by molar-refractivity contribution is 5.78. The summed E-state index contributed by atoms with van der Waals surface area (Å²) in [6.45, 7) is 0.753. The van der Waals surface area contributed by atoms with E-state index in [1.807, 2.05) is 28.8 Å². The second-order valence-electron chi connectivity index (χ2n) is 4.25. The number of carbonyl (C=O) groups excluding carboxylic acids is 1. The molecule has 1 unspecified atom stereocenters. The molecule has 2 N–H and O–H groups in total. The van der Waals surface area contributed by atoms with Gasteiger partial charge in [0.2, 0.25) is 5.91 Å². The molecule has 0 aliphatic carbocycles. The molecular formula is C12H14N4O. The molecular weight excluding hydrogens is 216 g/mol. The van der Waals surface area contributed by atoms with Crippen molar-refractivity contribution in [3.05, 3.63) is 30.6 Å². The Morgan fingerprint density at radius 1 is 1.53 bits per heavy atom. The molecule has 1 saturated heterocycles. The number of hydrogen-bond donors (Lipinski definition) is 2. The number of aromatic nitrogens is 2. The van der Waals surface area contributed by atoms with Crippen molar-refractivity contribution in [1.82, 2.24) is 14.7 Å². The molecule has 1 atom stereocenters. The van der Waals surface area contributed by atoms with Crippen LogP contribution in [0.1, 0.15) is 12.8 Å². The quantitative estimate of drug-likeness (QED) is 0.827. The molecule has 3 rings (SSSR count). The van der Waals surface area contributed by atoms with Crippen LogP contribution in [0.3, 0.4) is 0 Å². The van der Waals surface area contributed by atoms with E-state index in [9.17, 15) is 4.79 Å². The Labute approximate surface area is 98.8 Å². The van der Waals surface area contributed by atoms with Crippen molar-refractivity contribution < 1.29 is 4.79 Å². The molecule has 17 heavy (non-hydrogen) atoms. The van der Waals surface area contributed by atoms with Gasteiger partial charge in [-0.05, 0) is 18.6 Å². The SMILES string of the molecule is O=C1CCC(CNc2cccc3nccn23)N1. The molecule has 5 heteroatoms. The van der Waals surface area contributed by atoms with Gasteiger partial charge in [0.25, 0.3) is 0 Å². The fraction of sp³-hybridized carbons (Fsp3) is 0.333. The Morgan fingerprint density at radius 2 is 2.47 bits per heavy atom. The summed E-state index contributed by atoms with van der Waals surface area (Å²) in [6.07, 6.45) is 5.25. The summed E-state index contributed by atoms with van der Waals surface area (Å²) in [5.74, 6) is 1.15. The maximum atomic E-state index is 11.1. The van der Waals surface area contributed by atoms with Crippen molar-refractivity contribution in [3.8, 4) is 0 Å². The summed E-state index contributed by atoms with van der Waals surface area (Å²) >= 11 is 0. The van der Waals surface area contributed by atoms with E-state index in [1.165, 1.54) is 0 Å². The third-order valence-corrected chi connectivity index (χ3v) is 3.04. The Morgan fingerprint density at radius 3 is 3.29 bits per heavy atom. The number of imidazole rings is 1. The molecule has 3 heterocycles. The third kappa shape index (κ3) is 1.95. The minimum Gasteiger partial charge on any atom is -0.369 e. The maximum absolute atomic E-state index is 11.1. The first-order valence-corrected chi connectivity index (χ1v) is 5.78. The van der Waals surface area contributed by atoms with Crippen molar-refractivity contribution in [2.24, 2.45) is 0 Å². The van der Waals surface area contributed by atoms with E-state index in [0.29, 0.717) is 6.42 Å². The highest BCUT2D eigenvalue weighted by Crippen LogP contribution is 2.12. The molecule has 0 bridgehead atoms. The van der Waals surface area contributed by atoms with Gasteiger partial charge >= 0.3 is 0 Å². The van der Waals surface area contributed by atoms with Gasteiger partial charge in [-0.15, -0.1) is 0 Å². The molecule has 0 radical (unpaired) electrons. The van der Waals surface area contributed by atoms with Crippen molar-refractivity contribution in [2.75, 3.05) is 11.9 Å². The van der Waals surface area contributed by atoms with Crippen LogP contribution in [-0.2, 0) is 4.79 Å². The molecule has 0 spiro atoms. The molecule has 1 aliphatic heterocycles. The number of pyridine rings is 1. The van der Waals surface area contributed by atoms with E-state index in [4.69, 9.17) is 0 Å². The summed E-state index contributed by atoms with van der Waals surface area (Å²) in [4.78, 5) is 15.3. The van der Waals surface area contributed by atoms with Gasteiger partial charge in [-0.25, -0.2) is 4.98 Å². The first-order valence-electron chi connectivity index (χ1n) is 5.78. The highest BCUT2D eigenvalue weighted by Gasteiger charge is 2.20. The van der Waals surface area contributed by atoms with Gasteiger partial charge in [-0.3, -0.25) is 9.20 Å². The standard InChI is InChI=1S/C12H14N4O/c17-12-5-4-9(15-12)8-14-11-3-1-2-10-13-6-7-16(10)11/h1-3,6-7,9,14H,4-5,8H2,(H,15,17). The first-order chi connectivity index (χ1) is 8.33. The van der Waals surface area contributed by atoms with Crippen LogP contribution in [0.2, 0.25) is 0 Å². The average molecular weight is 230 g/mol. The van der Waals surface area contributed by atoms with Crippen molar-refractivity contribution in [1.29, 1.82) is 0 Å². The van der Waals surface area contributed by atoms with Crippen molar-refractivity contribution in [2.45, 2.75) is 18.9 Å². The molecule has 0 saturated carbocycles. The molecule has 0 aromatic carbocycles. The summed E-state index contributed by atoms with van der Waals surface area (Å²) < 4.78 is 2.00. The Hall–Kier alpha value is -2.04. The molecule has 2 aromatic rings. The second-order valence-corrected chi connectivity index (χ2v) is 4.25. The first kappa shape index (κ1) is 10.1. The lowest BCUT2D eigenvalue weighted by Crippen LogP contribution is -2.32. The monoisotopic (exact) mass is 230 g/mol. The van der Waals surface area contributed by atoms with Crippen molar-refractivity contribution >= 4 is 17.4 Å². The van der Waals surface area contributed by atoms with Crippen LogP contribution >= 0.6 is 0 Å². The van der Waals surface area contributed by atoms with E-state index in [2.05, 4.69) is 15.6 Å². The third-order valence-electron chi connectivity index (χ3n) is 3.04. The van der Waals surface area contributed by atoms with Crippen LogP contribution in [0.25, 0.3) is 5.65 Å². The van der Waals surface area contributed by atoms with Crippen LogP contribution in [0.4, 0.5) is 5.82 Å². The molecule has 1 aliphatic rings. The van der Waals surface area contributed by atoms with Gasteiger partial charge in [0.1, 0.15) is 11.5 Å². The number of carbonyl (C=O) groups is 1. The van der Waals surface area contributed by atoms with Crippen LogP contribution < -0.4 is 10.6 Å². The molecule has 1 fully saturated rings. The van der Waals surface area contributed by atoms with Gasteiger partial charge in [0.15, 0.2) is 0 Å². The second kappa shape index (κ2) is 4.08. The van der Waals surface area contributed by atoms with Gasteiger partial charge in [-0.2, -0.15) is 0 Å². The van der Waals surface area contributed by atoms with E-state index in [-0.39, 0.29) is 11.9 Å². The van der Waals surface area contributed by atoms with Crippen LogP contribution in [0.15, 0.2) is 30.6 Å². The highest BCUT2D eigenvalue weighted by atomic mass is 16.1. The molecule has 1 amide bonds. The van der Waals surface area contributed by atoms with Crippen LogP contribution in [0.5, 0.6) is 0 Å². The van der Waals surface area contributed by atoms with Gasteiger partial charge in [0, 0.05) is 31.4 Å². The van der Waals surface area contributed by atoms with Crippen LogP contribution in [-0.4, -0.2) is 27.9 Å². The predicted molar refractivity (Wildman–Crippen MR) is 64.8 cm³/mol. The number of hydrogen-bond acceptors (Lipinski definition) is 3. The Kier molecular flexibility index (Phi) is 2.44. The van der Waals surface area contributed by atoms with Gasteiger partial charge in [0.05, 0.1) is 0 Å². The minimum atomic E-state index is 0.151. The molecule has 88 valence electrons. The Bertz CT molecular complexity index is 548. The van der Waals surface area contributed by atoms with Gasteiger partial charge in [-0.1, -0.05) is 6.07 Å². The number of fused-ring (bicyclic) bond motifs is 1. The number of nitrogens with one attached hydrogen (secondary N) is 2. The van der Waals surface area contributed by atoms with E-state index < -0.39 is 0 Å². The summed E-state index contributed by atoms with van der Waals surface area (Å²) in [7, 11) is 0. The summed E-state index contributed by atoms with van der Waals surface area (Å²) in [6, 6.07) is 6.17. The summed E-state index contributed by atoms with van der Waals surface area (Å²) in [5.41, 5.74) is 0.922. The maximum Gasteiger partial charge on any atom is 0.220 e. The fourth-order valence-electron chi connectivity index (χ4n) is 2.15.